The summed E-state index contributed by atoms with van der Waals surface area (Å²) >= 11 is 1.33. The number of aromatic nitrogens is 1. The van der Waals surface area contributed by atoms with Crippen molar-refractivity contribution in [2.24, 2.45) is 0 Å². The number of rotatable bonds is 0. The molecule has 0 saturated carbocycles. The second kappa shape index (κ2) is 1.50. The molecule has 1 heterocycles. The average Bonchev–Trinajstić information content (AvgIpc) is 1.91. The SMILES string of the molecule is [CH2]c1nscc1N. The highest BCUT2D eigenvalue weighted by atomic mass is 32.1. The van der Waals surface area contributed by atoms with Crippen LogP contribution in [0.4, 0.5) is 5.69 Å². The minimum atomic E-state index is 0.685. The summed E-state index contributed by atoms with van der Waals surface area (Å²) in [5.41, 5.74) is 6.70. The zero-order valence-electron chi connectivity index (χ0n) is 3.72. The normalized spacial score (nSPS) is 9.29. The van der Waals surface area contributed by atoms with Crippen LogP contribution in [0.5, 0.6) is 0 Å². The number of anilines is 1. The average molecular weight is 113 g/mol. The number of nitrogens with zero attached hydrogens (tertiary/aromatic N) is 1. The molecule has 1 aromatic rings. The van der Waals surface area contributed by atoms with E-state index in [1.54, 1.807) is 5.38 Å². The monoisotopic (exact) mass is 113 g/mol. The fraction of sp³-hybridized carbons (Fsp3) is 0. The van der Waals surface area contributed by atoms with Crippen LogP contribution in [0.25, 0.3) is 0 Å². The molecule has 1 radical (unpaired) electrons. The maximum Gasteiger partial charge on any atom is 0.0775 e. The zero-order chi connectivity index (χ0) is 5.28. The van der Waals surface area contributed by atoms with Gasteiger partial charge < -0.3 is 5.73 Å². The van der Waals surface area contributed by atoms with E-state index >= 15 is 0 Å². The van der Waals surface area contributed by atoms with Gasteiger partial charge in [-0.2, -0.15) is 4.37 Å². The minimum Gasteiger partial charge on any atom is -0.397 e. The van der Waals surface area contributed by atoms with Crippen LogP contribution < -0.4 is 5.73 Å². The van der Waals surface area contributed by atoms with Crippen molar-refractivity contribution in [3.05, 3.63) is 18.0 Å². The number of hydrogen-bond acceptors (Lipinski definition) is 3. The third kappa shape index (κ3) is 0.718. The van der Waals surface area contributed by atoms with Crippen LogP contribution in [0.1, 0.15) is 5.69 Å². The van der Waals surface area contributed by atoms with Crippen LogP contribution in [-0.4, -0.2) is 4.37 Å². The van der Waals surface area contributed by atoms with Crippen molar-refractivity contribution in [3.8, 4) is 0 Å². The summed E-state index contributed by atoms with van der Waals surface area (Å²) in [6, 6.07) is 0. The van der Waals surface area contributed by atoms with Gasteiger partial charge >= 0.3 is 0 Å². The Bertz CT molecular complexity index is 142. The highest BCUT2D eigenvalue weighted by molar-refractivity contribution is 7.04. The first-order valence-corrected chi connectivity index (χ1v) is 2.66. The third-order valence-corrected chi connectivity index (χ3v) is 1.36. The van der Waals surface area contributed by atoms with Crippen molar-refractivity contribution in [1.29, 1.82) is 0 Å². The number of nitrogens with two attached hydrogens (primary N) is 1. The summed E-state index contributed by atoms with van der Waals surface area (Å²) in [7, 11) is 0. The van der Waals surface area contributed by atoms with Gasteiger partial charge in [-0.25, -0.2) is 0 Å². The smallest absolute Gasteiger partial charge is 0.0775 e. The van der Waals surface area contributed by atoms with Gasteiger partial charge in [-0.15, -0.1) is 0 Å². The first-order valence-electron chi connectivity index (χ1n) is 1.82. The van der Waals surface area contributed by atoms with E-state index in [1.807, 2.05) is 0 Å². The lowest BCUT2D eigenvalue weighted by atomic mass is 10.4. The topological polar surface area (TPSA) is 38.9 Å². The van der Waals surface area contributed by atoms with Gasteiger partial charge in [-0.05, 0) is 18.5 Å². The van der Waals surface area contributed by atoms with E-state index in [2.05, 4.69) is 11.3 Å². The van der Waals surface area contributed by atoms with E-state index in [0.29, 0.717) is 11.4 Å². The Hall–Kier alpha value is -0.570. The lowest BCUT2D eigenvalue weighted by Crippen LogP contribution is -1.82. The highest BCUT2D eigenvalue weighted by Crippen LogP contribution is 2.08. The van der Waals surface area contributed by atoms with Crippen molar-refractivity contribution in [1.82, 2.24) is 4.37 Å². The first kappa shape index (κ1) is 4.59. The van der Waals surface area contributed by atoms with E-state index in [4.69, 9.17) is 5.73 Å². The fourth-order valence-corrected chi connectivity index (χ4v) is 0.802. The van der Waals surface area contributed by atoms with Crippen LogP contribution in [0.15, 0.2) is 5.38 Å². The Labute approximate surface area is 46.1 Å². The van der Waals surface area contributed by atoms with Gasteiger partial charge in [0.25, 0.3) is 0 Å². The predicted molar refractivity (Wildman–Crippen MR) is 31.0 cm³/mol. The molecule has 0 atom stereocenters. The molecular formula is C4H5N2S. The molecule has 3 heteroatoms. The molecule has 0 aromatic carbocycles. The van der Waals surface area contributed by atoms with Gasteiger partial charge in [0.15, 0.2) is 0 Å². The van der Waals surface area contributed by atoms with Gasteiger partial charge in [0.2, 0.25) is 0 Å². The summed E-state index contributed by atoms with van der Waals surface area (Å²) < 4.78 is 3.82. The molecule has 0 fully saturated rings. The molecule has 0 bridgehead atoms. The van der Waals surface area contributed by atoms with Gasteiger partial charge in [-0.3, -0.25) is 0 Å². The summed E-state index contributed by atoms with van der Waals surface area (Å²) in [6.45, 7) is 3.55. The Morgan fingerprint density at radius 2 is 2.57 bits per heavy atom. The molecule has 2 N–H and O–H groups in total. The molecular weight excluding hydrogens is 108 g/mol. The van der Waals surface area contributed by atoms with Gasteiger partial charge in [0.1, 0.15) is 0 Å². The van der Waals surface area contributed by atoms with Crippen molar-refractivity contribution < 1.29 is 0 Å². The highest BCUT2D eigenvalue weighted by Gasteiger charge is 1.90. The van der Waals surface area contributed by atoms with Gasteiger partial charge in [-0.1, -0.05) is 0 Å². The van der Waals surface area contributed by atoms with Gasteiger partial charge in [0, 0.05) is 5.38 Å². The van der Waals surface area contributed by atoms with Crippen LogP contribution in [0, 0.1) is 6.92 Å². The van der Waals surface area contributed by atoms with Crippen LogP contribution in [0.3, 0.4) is 0 Å². The van der Waals surface area contributed by atoms with E-state index in [9.17, 15) is 0 Å². The molecule has 0 saturated heterocycles. The summed E-state index contributed by atoms with van der Waals surface area (Å²) in [4.78, 5) is 0. The van der Waals surface area contributed by atoms with Crippen LogP contribution >= 0.6 is 11.5 Å². The number of nitrogen functional groups attached to an aromatic ring is 1. The number of hydrogen-bond donors (Lipinski definition) is 1. The maximum absolute atomic E-state index is 5.33. The second-order valence-electron chi connectivity index (χ2n) is 1.22. The largest absolute Gasteiger partial charge is 0.397 e. The molecule has 1 rings (SSSR count). The Balaban J connectivity index is 3.12. The fourth-order valence-electron chi connectivity index (χ4n) is 0.267. The summed E-state index contributed by atoms with van der Waals surface area (Å²) in [5.74, 6) is 0. The van der Waals surface area contributed by atoms with E-state index in [0.717, 1.165) is 0 Å². The lowest BCUT2D eigenvalue weighted by Gasteiger charge is -1.78. The van der Waals surface area contributed by atoms with Crippen LogP contribution in [-0.2, 0) is 0 Å². The molecule has 7 heavy (non-hydrogen) atoms. The molecule has 0 amide bonds. The maximum atomic E-state index is 5.33. The Kier molecular flexibility index (Phi) is 0.982. The summed E-state index contributed by atoms with van der Waals surface area (Å²) in [6.07, 6.45) is 0. The minimum absolute atomic E-state index is 0.685. The van der Waals surface area contributed by atoms with Crippen molar-refractivity contribution in [3.63, 3.8) is 0 Å². The van der Waals surface area contributed by atoms with Crippen molar-refractivity contribution >= 4 is 17.2 Å². The van der Waals surface area contributed by atoms with Crippen molar-refractivity contribution in [2.75, 3.05) is 5.73 Å². The molecule has 2 nitrogen and oxygen atoms in total. The molecule has 0 aliphatic rings. The Morgan fingerprint density at radius 1 is 1.86 bits per heavy atom. The third-order valence-electron chi connectivity index (χ3n) is 0.676. The molecule has 0 spiro atoms. The van der Waals surface area contributed by atoms with E-state index in [1.165, 1.54) is 11.5 Å². The van der Waals surface area contributed by atoms with E-state index < -0.39 is 0 Å². The quantitative estimate of drug-likeness (QED) is 0.543. The molecule has 37 valence electrons. The molecule has 0 unspecified atom stereocenters. The molecule has 0 aliphatic heterocycles. The second-order valence-corrected chi connectivity index (χ2v) is 1.85. The van der Waals surface area contributed by atoms with Crippen LogP contribution in [0.2, 0.25) is 0 Å². The standard InChI is InChI=1S/C4H5N2S/c1-3-4(5)2-7-6-3/h2H,1,5H2. The zero-order valence-corrected chi connectivity index (χ0v) is 4.53. The van der Waals surface area contributed by atoms with Gasteiger partial charge in [0.05, 0.1) is 11.4 Å². The first-order chi connectivity index (χ1) is 3.30. The molecule has 0 aliphatic carbocycles. The van der Waals surface area contributed by atoms with E-state index in [-0.39, 0.29) is 0 Å². The Morgan fingerprint density at radius 3 is 2.71 bits per heavy atom. The molecule has 1 aromatic heterocycles. The lowest BCUT2D eigenvalue weighted by molar-refractivity contribution is 1.47. The summed E-state index contributed by atoms with van der Waals surface area (Å²) in [5, 5.41) is 1.77. The predicted octanol–water partition coefficient (Wildman–Crippen LogP) is 0.907. The van der Waals surface area contributed by atoms with Crippen molar-refractivity contribution in [2.45, 2.75) is 0 Å².